The van der Waals surface area contributed by atoms with Gasteiger partial charge in [0.2, 0.25) is 0 Å². The van der Waals surface area contributed by atoms with Gasteiger partial charge in [0.05, 0.1) is 0 Å². The third-order valence-corrected chi connectivity index (χ3v) is 6.32. The second-order valence-electron chi connectivity index (χ2n) is 5.89. The summed E-state index contributed by atoms with van der Waals surface area (Å²) in [5, 5.41) is 0. The summed E-state index contributed by atoms with van der Waals surface area (Å²) in [5.41, 5.74) is 0. The van der Waals surface area contributed by atoms with Gasteiger partial charge in [0, 0.05) is 11.5 Å². The van der Waals surface area contributed by atoms with E-state index in [4.69, 9.17) is 0 Å². The lowest BCUT2D eigenvalue weighted by atomic mass is 10.1. The quantitative estimate of drug-likeness (QED) is 0.198. The lowest BCUT2D eigenvalue weighted by Crippen LogP contribution is -1.83. The summed E-state index contributed by atoms with van der Waals surface area (Å²) in [6, 6.07) is 0. The van der Waals surface area contributed by atoms with E-state index in [1.165, 1.54) is 101 Å². The summed E-state index contributed by atoms with van der Waals surface area (Å²) in [6.45, 7) is 4.58. The molecule has 20 heavy (non-hydrogen) atoms. The maximum Gasteiger partial charge on any atom is 0.00369 e. The number of hydrogen-bond acceptors (Lipinski definition) is 2. The van der Waals surface area contributed by atoms with Crippen molar-refractivity contribution in [2.75, 3.05) is 11.5 Å². The Morgan fingerprint density at radius 2 is 0.700 bits per heavy atom. The third kappa shape index (κ3) is 18.7. The van der Waals surface area contributed by atoms with E-state index in [-0.39, 0.29) is 0 Å². The molecule has 0 unspecified atom stereocenters. The summed E-state index contributed by atoms with van der Waals surface area (Å²) in [7, 11) is 4.22. The fraction of sp³-hybridized carbons (Fsp3) is 1.00. The first-order valence-electron chi connectivity index (χ1n) is 9.16. The zero-order valence-corrected chi connectivity index (χ0v) is 15.8. The Hall–Kier alpha value is 0.700. The maximum atomic E-state index is 2.29. The molecule has 0 saturated carbocycles. The smallest absolute Gasteiger partial charge is 0.00369 e. The Kier molecular flexibility index (Phi) is 20.4. The lowest BCUT2D eigenvalue weighted by Gasteiger charge is -2.03. The summed E-state index contributed by atoms with van der Waals surface area (Å²) in [4.78, 5) is 0. The molecular formula is C18H38S2. The molecule has 0 bridgehead atoms. The van der Waals surface area contributed by atoms with Crippen molar-refractivity contribution in [3.05, 3.63) is 0 Å². The fourth-order valence-electron chi connectivity index (χ4n) is 2.35. The molecular weight excluding hydrogens is 280 g/mol. The van der Waals surface area contributed by atoms with Crippen molar-refractivity contribution in [3.63, 3.8) is 0 Å². The fourth-order valence-corrected chi connectivity index (χ4v) is 4.65. The SMILES string of the molecule is CCCCCCCCCSSCCCCCCCCC. The minimum Gasteiger partial charge on any atom is -0.0942 e. The van der Waals surface area contributed by atoms with Crippen molar-refractivity contribution < 1.29 is 0 Å². The Labute approximate surface area is 137 Å². The van der Waals surface area contributed by atoms with Crippen molar-refractivity contribution >= 4 is 21.6 Å². The number of unbranched alkanes of at least 4 members (excludes halogenated alkanes) is 12. The van der Waals surface area contributed by atoms with E-state index in [1.54, 1.807) is 0 Å². The molecule has 0 fully saturated rings. The average molecular weight is 319 g/mol. The molecule has 0 saturated heterocycles. The van der Waals surface area contributed by atoms with Gasteiger partial charge in [0.25, 0.3) is 0 Å². The van der Waals surface area contributed by atoms with Crippen molar-refractivity contribution in [1.29, 1.82) is 0 Å². The Morgan fingerprint density at radius 3 is 1.05 bits per heavy atom. The summed E-state index contributed by atoms with van der Waals surface area (Å²) in [5.74, 6) is 2.74. The van der Waals surface area contributed by atoms with Crippen LogP contribution in [-0.2, 0) is 0 Å². The standard InChI is InChI=1S/C18H38S2/c1-3-5-7-9-11-13-15-17-19-20-18-16-14-12-10-8-6-4-2/h3-18H2,1-2H3. The minimum absolute atomic E-state index is 1.37. The van der Waals surface area contributed by atoms with Gasteiger partial charge in [-0.05, 0) is 12.8 Å². The zero-order chi connectivity index (χ0) is 14.7. The van der Waals surface area contributed by atoms with Gasteiger partial charge in [0.1, 0.15) is 0 Å². The Bertz CT molecular complexity index is 141. The molecule has 0 aliphatic rings. The molecule has 0 spiro atoms. The predicted octanol–water partition coefficient (Wildman–Crippen LogP) is 7.87. The van der Waals surface area contributed by atoms with Crippen molar-refractivity contribution in [3.8, 4) is 0 Å². The molecule has 0 atom stereocenters. The van der Waals surface area contributed by atoms with Crippen LogP contribution in [0.1, 0.15) is 104 Å². The monoisotopic (exact) mass is 318 g/mol. The highest BCUT2D eigenvalue weighted by atomic mass is 33.1. The van der Waals surface area contributed by atoms with E-state index in [2.05, 4.69) is 35.4 Å². The highest BCUT2D eigenvalue weighted by Crippen LogP contribution is 2.24. The van der Waals surface area contributed by atoms with Crippen LogP contribution < -0.4 is 0 Å². The highest BCUT2D eigenvalue weighted by molar-refractivity contribution is 8.76. The first kappa shape index (κ1) is 20.7. The Morgan fingerprint density at radius 1 is 0.400 bits per heavy atom. The molecule has 0 heterocycles. The molecule has 122 valence electrons. The van der Waals surface area contributed by atoms with E-state index in [1.807, 2.05) is 0 Å². The largest absolute Gasteiger partial charge is 0.0942 e. The van der Waals surface area contributed by atoms with Crippen LogP contribution in [0, 0.1) is 0 Å². The van der Waals surface area contributed by atoms with Crippen LogP contribution in [0.2, 0.25) is 0 Å². The second kappa shape index (κ2) is 19.7. The maximum absolute atomic E-state index is 2.29. The van der Waals surface area contributed by atoms with E-state index >= 15 is 0 Å². The predicted molar refractivity (Wildman–Crippen MR) is 101 cm³/mol. The summed E-state index contributed by atoms with van der Waals surface area (Å²) >= 11 is 0. The van der Waals surface area contributed by atoms with Crippen LogP contribution in [-0.4, -0.2) is 11.5 Å². The molecule has 0 amide bonds. The molecule has 0 nitrogen and oxygen atoms in total. The molecule has 0 rings (SSSR count). The summed E-state index contributed by atoms with van der Waals surface area (Å²) < 4.78 is 0. The molecule has 0 aromatic carbocycles. The number of hydrogen-bond donors (Lipinski definition) is 0. The van der Waals surface area contributed by atoms with Crippen LogP contribution in [0.3, 0.4) is 0 Å². The van der Waals surface area contributed by atoms with Crippen LogP contribution in [0.4, 0.5) is 0 Å². The van der Waals surface area contributed by atoms with Gasteiger partial charge in [-0.15, -0.1) is 0 Å². The van der Waals surface area contributed by atoms with E-state index in [0.717, 1.165) is 0 Å². The molecule has 0 aliphatic carbocycles. The van der Waals surface area contributed by atoms with Gasteiger partial charge in [0.15, 0.2) is 0 Å². The molecule has 2 heteroatoms. The molecule has 0 aliphatic heterocycles. The lowest BCUT2D eigenvalue weighted by molar-refractivity contribution is 0.603. The summed E-state index contributed by atoms with van der Waals surface area (Å²) in [6.07, 6.45) is 20.1. The van der Waals surface area contributed by atoms with Crippen LogP contribution in [0.25, 0.3) is 0 Å². The van der Waals surface area contributed by atoms with Crippen molar-refractivity contribution in [2.45, 2.75) is 104 Å². The molecule has 0 aromatic rings. The van der Waals surface area contributed by atoms with Crippen LogP contribution >= 0.6 is 21.6 Å². The van der Waals surface area contributed by atoms with Gasteiger partial charge < -0.3 is 0 Å². The normalized spacial score (nSPS) is 11.1. The highest BCUT2D eigenvalue weighted by Gasteiger charge is 1.94. The molecule has 0 aromatic heterocycles. The van der Waals surface area contributed by atoms with E-state index in [0.29, 0.717) is 0 Å². The third-order valence-electron chi connectivity index (χ3n) is 3.75. The van der Waals surface area contributed by atoms with Gasteiger partial charge in [-0.3, -0.25) is 0 Å². The minimum atomic E-state index is 1.37. The van der Waals surface area contributed by atoms with Crippen LogP contribution in [0.15, 0.2) is 0 Å². The van der Waals surface area contributed by atoms with Gasteiger partial charge in [-0.1, -0.05) is 112 Å². The number of rotatable bonds is 17. The second-order valence-corrected chi connectivity index (χ2v) is 8.59. The average Bonchev–Trinajstić information content (AvgIpc) is 2.47. The zero-order valence-electron chi connectivity index (χ0n) is 14.1. The molecule has 0 N–H and O–H groups in total. The van der Waals surface area contributed by atoms with Gasteiger partial charge in [-0.2, -0.15) is 0 Å². The van der Waals surface area contributed by atoms with E-state index in [9.17, 15) is 0 Å². The molecule has 0 radical (unpaired) electrons. The van der Waals surface area contributed by atoms with Crippen molar-refractivity contribution in [1.82, 2.24) is 0 Å². The topological polar surface area (TPSA) is 0 Å². The first-order chi connectivity index (χ1) is 9.91. The van der Waals surface area contributed by atoms with Crippen LogP contribution in [0.5, 0.6) is 0 Å². The first-order valence-corrected chi connectivity index (χ1v) is 11.6. The van der Waals surface area contributed by atoms with Crippen molar-refractivity contribution in [2.24, 2.45) is 0 Å². The van der Waals surface area contributed by atoms with E-state index < -0.39 is 0 Å². The van der Waals surface area contributed by atoms with Gasteiger partial charge >= 0.3 is 0 Å². The Balaban J connectivity index is 2.89. The van der Waals surface area contributed by atoms with Gasteiger partial charge in [-0.25, -0.2) is 0 Å².